The molecule has 1 amide bonds. The maximum absolute atomic E-state index is 12.2. The van der Waals surface area contributed by atoms with Crippen molar-refractivity contribution in [3.05, 3.63) is 82.5 Å². The third-order valence-electron chi connectivity index (χ3n) is 3.60. The van der Waals surface area contributed by atoms with E-state index in [2.05, 4.69) is 20.7 Å². The number of benzene rings is 2. The van der Waals surface area contributed by atoms with Gasteiger partial charge in [0.1, 0.15) is 5.69 Å². The number of carbonyl (C=O) groups excluding carboxylic acids is 1. The lowest BCUT2D eigenvalue weighted by Gasteiger charge is -1.98. The van der Waals surface area contributed by atoms with Gasteiger partial charge in [0, 0.05) is 5.56 Å². The van der Waals surface area contributed by atoms with Gasteiger partial charge in [-0.2, -0.15) is 10.2 Å². The van der Waals surface area contributed by atoms with E-state index in [-0.39, 0.29) is 5.91 Å². The first-order valence-electron chi connectivity index (χ1n) is 8.00. The molecule has 0 aliphatic rings. The summed E-state index contributed by atoms with van der Waals surface area (Å²) in [5.74, 6) is -0.375. The minimum absolute atomic E-state index is 0.307. The van der Waals surface area contributed by atoms with E-state index in [9.17, 15) is 4.79 Å². The predicted octanol–water partition coefficient (Wildman–Crippen LogP) is 4.55. The molecule has 1 aromatic heterocycles. The molecule has 0 bridgehead atoms. The van der Waals surface area contributed by atoms with Crippen molar-refractivity contribution in [3.8, 4) is 11.3 Å². The Hall–Kier alpha value is -3.18. The van der Waals surface area contributed by atoms with Gasteiger partial charge in [-0.15, -0.1) is 0 Å². The number of nitrogens with zero attached hydrogens (tertiary/aromatic N) is 2. The molecule has 0 aliphatic carbocycles. The number of hydrogen-bond acceptors (Lipinski definition) is 3. The Morgan fingerprint density at radius 1 is 1.15 bits per heavy atom. The van der Waals surface area contributed by atoms with E-state index < -0.39 is 0 Å². The van der Waals surface area contributed by atoms with Gasteiger partial charge in [0.25, 0.3) is 5.91 Å². The molecule has 26 heavy (non-hydrogen) atoms. The SMILES string of the molecule is CC(=C/c1ccccc1)/C=N/NC(=O)c1cc(-c2ccccc2Cl)n[nH]1. The second-order valence-electron chi connectivity index (χ2n) is 5.64. The molecule has 3 rings (SSSR count). The zero-order chi connectivity index (χ0) is 18.4. The third kappa shape index (κ3) is 4.46. The molecule has 3 aromatic rings. The number of rotatable bonds is 5. The summed E-state index contributed by atoms with van der Waals surface area (Å²) in [6.07, 6.45) is 3.57. The van der Waals surface area contributed by atoms with E-state index in [1.54, 1.807) is 18.3 Å². The number of aromatic amines is 1. The van der Waals surface area contributed by atoms with Gasteiger partial charge < -0.3 is 0 Å². The van der Waals surface area contributed by atoms with E-state index in [1.165, 1.54) is 0 Å². The van der Waals surface area contributed by atoms with Gasteiger partial charge >= 0.3 is 0 Å². The molecule has 0 saturated heterocycles. The van der Waals surface area contributed by atoms with E-state index in [0.29, 0.717) is 16.4 Å². The Labute approximate surface area is 156 Å². The fourth-order valence-electron chi connectivity index (χ4n) is 2.35. The van der Waals surface area contributed by atoms with Gasteiger partial charge in [0.2, 0.25) is 0 Å². The van der Waals surface area contributed by atoms with Gasteiger partial charge in [-0.05, 0) is 30.2 Å². The number of carbonyl (C=O) groups is 1. The average molecular weight is 365 g/mol. The largest absolute Gasteiger partial charge is 0.289 e. The van der Waals surface area contributed by atoms with Crippen molar-refractivity contribution in [1.82, 2.24) is 15.6 Å². The lowest BCUT2D eigenvalue weighted by atomic mass is 10.1. The molecule has 5 nitrogen and oxygen atoms in total. The Balaban J connectivity index is 1.64. The monoisotopic (exact) mass is 364 g/mol. The lowest BCUT2D eigenvalue weighted by Crippen LogP contribution is -2.17. The average Bonchev–Trinajstić information content (AvgIpc) is 3.13. The van der Waals surface area contributed by atoms with Gasteiger partial charge in [-0.1, -0.05) is 66.2 Å². The van der Waals surface area contributed by atoms with Crippen LogP contribution in [0.25, 0.3) is 17.3 Å². The molecule has 6 heteroatoms. The topological polar surface area (TPSA) is 70.1 Å². The molecule has 0 aliphatic heterocycles. The van der Waals surface area contributed by atoms with Crippen molar-refractivity contribution in [2.24, 2.45) is 5.10 Å². The molecule has 2 aromatic carbocycles. The quantitative estimate of drug-likeness (QED) is 0.515. The molecular formula is C20H17ClN4O. The summed E-state index contributed by atoms with van der Waals surface area (Å²) in [6.45, 7) is 1.91. The molecule has 1 heterocycles. The van der Waals surface area contributed by atoms with Crippen LogP contribution in [-0.2, 0) is 0 Å². The molecule has 130 valence electrons. The maximum Gasteiger partial charge on any atom is 0.289 e. The van der Waals surface area contributed by atoms with Gasteiger partial charge in [0.05, 0.1) is 16.9 Å². The number of hydrogen-bond donors (Lipinski definition) is 2. The van der Waals surface area contributed by atoms with Crippen LogP contribution in [0.5, 0.6) is 0 Å². The summed E-state index contributed by atoms with van der Waals surface area (Å²) >= 11 is 6.15. The van der Waals surface area contributed by atoms with E-state index in [0.717, 1.165) is 16.7 Å². The van der Waals surface area contributed by atoms with Crippen LogP contribution < -0.4 is 5.43 Å². The van der Waals surface area contributed by atoms with E-state index >= 15 is 0 Å². The highest BCUT2D eigenvalue weighted by atomic mass is 35.5. The molecular weight excluding hydrogens is 348 g/mol. The van der Waals surface area contributed by atoms with Crippen LogP contribution in [0.3, 0.4) is 0 Å². The predicted molar refractivity (Wildman–Crippen MR) is 105 cm³/mol. The van der Waals surface area contributed by atoms with Gasteiger partial charge in [-0.3, -0.25) is 9.89 Å². The lowest BCUT2D eigenvalue weighted by molar-refractivity contribution is 0.0950. The summed E-state index contributed by atoms with van der Waals surface area (Å²) in [6, 6.07) is 18.8. The minimum atomic E-state index is -0.375. The Morgan fingerprint density at radius 3 is 2.65 bits per heavy atom. The first-order valence-corrected chi connectivity index (χ1v) is 8.38. The second kappa shape index (κ2) is 8.27. The molecule has 0 radical (unpaired) electrons. The first-order chi connectivity index (χ1) is 12.6. The van der Waals surface area contributed by atoms with Gasteiger partial charge in [0.15, 0.2) is 0 Å². The van der Waals surface area contributed by atoms with E-state index in [1.807, 2.05) is 61.5 Å². The molecule has 0 fully saturated rings. The summed E-state index contributed by atoms with van der Waals surface area (Å²) in [7, 11) is 0. The zero-order valence-electron chi connectivity index (χ0n) is 14.1. The first kappa shape index (κ1) is 17.6. The summed E-state index contributed by atoms with van der Waals surface area (Å²) in [5.41, 5.74) is 6.13. The molecule has 0 saturated carbocycles. The number of amides is 1. The molecule has 0 unspecified atom stereocenters. The number of halogens is 1. The van der Waals surface area contributed by atoms with Crippen LogP contribution in [0.1, 0.15) is 23.0 Å². The van der Waals surface area contributed by atoms with Gasteiger partial charge in [-0.25, -0.2) is 5.43 Å². The highest BCUT2D eigenvalue weighted by Gasteiger charge is 2.12. The molecule has 0 atom stereocenters. The summed E-state index contributed by atoms with van der Waals surface area (Å²) < 4.78 is 0. The third-order valence-corrected chi connectivity index (χ3v) is 3.93. The molecule has 2 N–H and O–H groups in total. The standard InChI is InChI=1S/C20H17ClN4O/c1-14(11-15-7-3-2-4-8-15)13-22-25-20(26)19-12-18(23-24-19)16-9-5-6-10-17(16)21/h2-13H,1H3,(H,23,24)(H,25,26)/b14-11-,22-13+. The number of hydrazone groups is 1. The van der Waals surface area contributed by atoms with Crippen molar-refractivity contribution >= 4 is 29.8 Å². The highest BCUT2D eigenvalue weighted by Crippen LogP contribution is 2.26. The normalized spacial score (nSPS) is 11.7. The van der Waals surface area contributed by atoms with Crippen molar-refractivity contribution in [3.63, 3.8) is 0 Å². The fourth-order valence-corrected chi connectivity index (χ4v) is 2.58. The van der Waals surface area contributed by atoms with Crippen LogP contribution in [-0.4, -0.2) is 22.3 Å². The minimum Gasteiger partial charge on any atom is -0.272 e. The Kier molecular flexibility index (Phi) is 5.61. The Morgan fingerprint density at radius 2 is 1.88 bits per heavy atom. The van der Waals surface area contributed by atoms with E-state index in [4.69, 9.17) is 11.6 Å². The van der Waals surface area contributed by atoms with Crippen molar-refractivity contribution < 1.29 is 4.79 Å². The molecule has 0 spiro atoms. The van der Waals surface area contributed by atoms with Crippen LogP contribution in [0.4, 0.5) is 0 Å². The fraction of sp³-hybridized carbons (Fsp3) is 0.0500. The zero-order valence-corrected chi connectivity index (χ0v) is 14.9. The van der Waals surface area contributed by atoms with Crippen molar-refractivity contribution in [1.29, 1.82) is 0 Å². The summed E-state index contributed by atoms with van der Waals surface area (Å²) in [4.78, 5) is 12.2. The smallest absolute Gasteiger partial charge is 0.272 e. The maximum atomic E-state index is 12.2. The number of nitrogens with one attached hydrogen (secondary N) is 2. The summed E-state index contributed by atoms with van der Waals surface area (Å²) in [5, 5.41) is 11.4. The van der Waals surface area contributed by atoms with Crippen LogP contribution in [0.15, 0.2) is 71.3 Å². The van der Waals surface area contributed by atoms with Crippen LogP contribution in [0.2, 0.25) is 5.02 Å². The van der Waals surface area contributed by atoms with Crippen molar-refractivity contribution in [2.45, 2.75) is 6.92 Å². The van der Waals surface area contributed by atoms with Crippen LogP contribution >= 0.6 is 11.6 Å². The van der Waals surface area contributed by atoms with Crippen molar-refractivity contribution in [2.75, 3.05) is 0 Å². The number of allylic oxidation sites excluding steroid dienone is 1. The highest BCUT2D eigenvalue weighted by molar-refractivity contribution is 6.33. The Bertz CT molecular complexity index is 961. The van der Waals surface area contributed by atoms with Crippen LogP contribution in [0, 0.1) is 0 Å². The second-order valence-corrected chi connectivity index (χ2v) is 6.05. The number of aromatic nitrogens is 2. The number of H-pyrrole nitrogens is 1.